The van der Waals surface area contributed by atoms with Gasteiger partial charge in [0.1, 0.15) is 39.4 Å². The van der Waals surface area contributed by atoms with Crippen LogP contribution < -0.4 is 5.73 Å². The van der Waals surface area contributed by atoms with Crippen molar-refractivity contribution in [2.24, 2.45) is 5.73 Å². The summed E-state index contributed by atoms with van der Waals surface area (Å²) in [6.07, 6.45) is 0.749. The number of hydrogen-bond donors (Lipinski definition) is 1. The summed E-state index contributed by atoms with van der Waals surface area (Å²) in [6.45, 7) is 7.64. The summed E-state index contributed by atoms with van der Waals surface area (Å²) in [5.41, 5.74) is 7.73. The molecule has 1 aliphatic rings. The number of rotatable bonds is 6. The van der Waals surface area contributed by atoms with Crippen LogP contribution in [0.25, 0.3) is 11.3 Å². The van der Waals surface area contributed by atoms with Crippen LogP contribution in [0.1, 0.15) is 25.2 Å². The number of carbonyl (C=O) groups is 1. The van der Waals surface area contributed by atoms with E-state index in [2.05, 4.69) is 4.90 Å². The van der Waals surface area contributed by atoms with Crippen LogP contribution in [-0.2, 0) is 27.7 Å². The van der Waals surface area contributed by atoms with Crippen LogP contribution >= 0.6 is 0 Å². The second kappa shape index (κ2) is 8.69. The van der Waals surface area contributed by atoms with Gasteiger partial charge in [0.15, 0.2) is 0 Å². The van der Waals surface area contributed by atoms with Gasteiger partial charge in [0, 0.05) is 30.1 Å². The van der Waals surface area contributed by atoms with Crippen molar-refractivity contribution in [1.29, 1.82) is 0 Å². The van der Waals surface area contributed by atoms with E-state index in [-0.39, 0.29) is 5.82 Å². The molecular formula is C24H27FN4O2S. The maximum Gasteiger partial charge on any atom is 0.139 e. The molecule has 4 rings (SSSR count). The van der Waals surface area contributed by atoms with Gasteiger partial charge in [-0.15, -0.1) is 0 Å². The Hall–Kier alpha value is -2.68. The van der Waals surface area contributed by atoms with Crippen molar-refractivity contribution in [1.82, 2.24) is 14.5 Å². The predicted molar refractivity (Wildman–Crippen MR) is 122 cm³/mol. The Labute approximate surface area is 189 Å². The summed E-state index contributed by atoms with van der Waals surface area (Å²) in [5.74, 6) is 0.407. The van der Waals surface area contributed by atoms with Gasteiger partial charge in [0.05, 0.1) is 11.6 Å². The van der Waals surface area contributed by atoms with Crippen LogP contribution in [0.15, 0.2) is 58.5 Å². The molecule has 1 aliphatic heterocycles. The molecule has 3 aromatic rings. The van der Waals surface area contributed by atoms with Gasteiger partial charge in [0.2, 0.25) is 0 Å². The molecule has 8 heteroatoms. The SMILES string of the molecule is Cc1ccc(S(=O)c2c(-c3ccc(F)cc3)nc3n2CCN(CC(N)C=O)C3(C)C)cc1. The molecule has 32 heavy (non-hydrogen) atoms. The molecule has 0 amide bonds. The summed E-state index contributed by atoms with van der Waals surface area (Å²) in [4.78, 5) is 18.9. The van der Waals surface area contributed by atoms with Gasteiger partial charge < -0.3 is 15.1 Å². The molecule has 6 nitrogen and oxygen atoms in total. The van der Waals surface area contributed by atoms with E-state index in [0.717, 1.165) is 17.7 Å². The van der Waals surface area contributed by atoms with E-state index in [9.17, 15) is 13.4 Å². The quantitative estimate of drug-likeness (QED) is 0.579. The minimum Gasteiger partial charge on any atom is -0.321 e. The fraction of sp³-hybridized carbons (Fsp3) is 0.333. The maximum absolute atomic E-state index is 13.8. The number of nitrogens with two attached hydrogens (primary N) is 1. The zero-order valence-corrected chi connectivity index (χ0v) is 19.2. The van der Waals surface area contributed by atoms with Gasteiger partial charge in [0.25, 0.3) is 0 Å². The van der Waals surface area contributed by atoms with E-state index < -0.39 is 22.4 Å². The molecule has 0 radical (unpaired) electrons. The van der Waals surface area contributed by atoms with E-state index >= 15 is 0 Å². The topological polar surface area (TPSA) is 81.2 Å². The number of hydrogen-bond acceptors (Lipinski definition) is 5. The summed E-state index contributed by atoms with van der Waals surface area (Å²) >= 11 is 0. The van der Waals surface area contributed by atoms with Crippen molar-refractivity contribution in [2.75, 3.05) is 13.1 Å². The molecule has 0 fully saturated rings. The smallest absolute Gasteiger partial charge is 0.139 e. The molecule has 168 valence electrons. The highest BCUT2D eigenvalue weighted by Gasteiger charge is 2.40. The van der Waals surface area contributed by atoms with Crippen LogP contribution in [0.2, 0.25) is 0 Å². The normalized spacial score (nSPS) is 17.5. The van der Waals surface area contributed by atoms with Crippen molar-refractivity contribution >= 4 is 17.1 Å². The Bertz CT molecular complexity index is 1160. The minimum atomic E-state index is -1.48. The second-order valence-corrected chi connectivity index (χ2v) is 10.0. The fourth-order valence-electron chi connectivity index (χ4n) is 4.13. The molecule has 1 aromatic heterocycles. The molecule has 0 spiro atoms. The number of fused-ring (bicyclic) bond motifs is 1. The number of aryl methyl sites for hydroxylation is 1. The molecule has 2 N–H and O–H groups in total. The van der Waals surface area contributed by atoms with E-state index in [0.29, 0.717) is 40.8 Å². The first-order valence-electron chi connectivity index (χ1n) is 10.5. The fourth-order valence-corrected chi connectivity index (χ4v) is 5.45. The first-order chi connectivity index (χ1) is 15.2. The molecular weight excluding hydrogens is 427 g/mol. The Morgan fingerprint density at radius 1 is 1.16 bits per heavy atom. The van der Waals surface area contributed by atoms with Crippen molar-refractivity contribution < 1.29 is 13.4 Å². The van der Waals surface area contributed by atoms with Gasteiger partial charge in [-0.2, -0.15) is 0 Å². The van der Waals surface area contributed by atoms with Crippen molar-refractivity contribution in [3.8, 4) is 11.3 Å². The van der Waals surface area contributed by atoms with Crippen LogP contribution in [0.4, 0.5) is 4.39 Å². The van der Waals surface area contributed by atoms with E-state index in [1.807, 2.05) is 49.6 Å². The van der Waals surface area contributed by atoms with E-state index in [4.69, 9.17) is 10.7 Å². The molecule has 0 bridgehead atoms. The lowest BCUT2D eigenvalue weighted by Crippen LogP contribution is -2.53. The highest BCUT2D eigenvalue weighted by Crippen LogP contribution is 2.38. The largest absolute Gasteiger partial charge is 0.321 e. The van der Waals surface area contributed by atoms with Gasteiger partial charge >= 0.3 is 0 Å². The maximum atomic E-state index is 13.8. The van der Waals surface area contributed by atoms with Crippen LogP contribution in [0.3, 0.4) is 0 Å². The molecule has 2 unspecified atom stereocenters. The van der Waals surface area contributed by atoms with Crippen molar-refractivity contribution in [2.45, 2.75) is 48.8 Å². The average molecular weight is 455 g/mol. The third-order valence-electron chi connectivity index (χ3n) is 5.99. The first kappa shape index (κ1) is 22.5. The number of imidazole rings is 1. The lowest BCUT2D eigenvalue weighted by molar-refractivity contribution is -0.109. The second-order valence-electron chi connectivity index (χ2n) is 8.63. The third kappa shape index (κ3) is 4.05. The van der Waals surface area contributed by atoms with Gasteiger partial charge in [-0.05, 0) is 57.2 Å². The third-order valence-corrected chi connectivity index (χ3v) is 7.45. The standard InChI is InChI=1S/C24H27FN4O2S/c1-16-4-10-20(11-5-16)32(31)22-21(17-6-8-18(25)9-7-17)27-23-24(2,3)28(12-13-29(22)23)14-19(26)15-30/h4-11,15,19H,12-14,26H2,1-3H3. The lowest BCUT2D eigenvalue weighted by atomic mass is 9.98. The van der Waals surface area contributed by atoms with Crippen molar-refractivity contribution in [3.05, 3.63) is 65.7 Å². The van der Waals surface area contributed by atoms with Crippen LogP contribution in [0, 0.1) is 12.7 Å². The van der Waals surface area contributed by atoms with Crippen LogP contribution in [-0.4, -0.2) is 44.1 Å². The number of aldehydes is 1. The lowest BCUT2D eigenvalue weighted by Gasteiger charge is -2.43. The zero-order valence-electron chi connectivity index (χ0n) is 18.4. The number of benzene rings is 2. The Kier molecular flexibility index (Phi) is 6.11. The monoisotopic (exact) mass is 454 g/mol. The van der Waals surface area contributed by atoms with Gasteiger partial charge in [-0.1, -0.05) is 17.7 Å². The van der Waals surface area contributed by atoms with Crippen molar-refractivity contribution in [3.63, 3.8) is 0 Å². The van der Waals surface area contributed by atoms with Crippen LogP contribution in [0.5, 0.6) is 0 Å². The Morgan fingerprint density at radius 3 is 2.44 bits per heavy atom. The Morgan fingerprint density at radius 2 is 1.81 bits per heavy atom. The number of halogens is 1. The summed E-state index contributed by atoms with van der Waals surface area (Å²) in [6, 6.07) is 13.1. The molecule has 0 aliphatic carbocycles. The van der Waals surface area contributed by atoms with Gasteiger partial charge in [-0.25, -0.2) is 13.6 Å². The zero-order chi connectivity index (χ0) is 23.0. The highest BCUT2D eigenvalue weighted by molar-refractivity contribution is 7.85. The number of nitrogens with zero attached hydrogens (tertiary/aromatic N) is 3. The first-order valence-corrected chi connectivity index (χ1v) is 11.7. The molecule has 2 aromatic carbocycles. The summed E-state index contributed by atoms with van der Waals surface area (Å²) in [5, 5.41) is 0.600. The van der Waals surface area contributed by atoms with E-state index in [1.54, 1.807) is 12.1 Å². The molecule has 2 heterocycles. The molecule has 0 saturated heterocycles. The number of aromatic nitrogens is 2. The molecule has 2 atom stereocenters. The highest BCUT2D eigenvalue weighted by atomic mass is 32.2. The molecule has 0 saturated carbocycles. The minimum absolute atomic E-state index is 0.340. The predicted octanol–water partition coefficient (Wildman–Crippen LogP) is 3.24. The Balaban J connectivity index is 1.87. The number of carbonyl (C=O) groups excluding carboxylic acids is 1. The van der Waals surface area contributed by atoms with Gasteiger partial charge in [-0.3, -0.25) is 4.90 Å². The average Bonchev–Trinajstić information content (AvgIpc) is 3.17. The summed E-state index contributed by atoms with van der Waals surface area (Å²) < 4.78 is 29.4. The van der Waals surface area contributed by atoms with E-state index in [1.165, 1.54) is 12.1 Å². The summed E-state index contributed by atoms with van der Waals surface area (Å²) in [7, 11) is -1.48.